The summed E-state index contributed by atoms with van der Waals surface area (Å²) in [4.78, 5) is 45.5. The summed E-state index contributed by atoms with van der Waals surface area (Å²) in [5.41, 5.74) is 1.05. The van der Waals surface area contributed by atoms with Crippen molar-refractivity contribution < 1.29 is 38.4 Å². The van der Waals surface area contributed by atoms with Crippen molar-refractivity contribution in [1.82, 2.24) is 4.98 Å². The molecule has 228 valence electrons. The highest BCUT2D eigenvalue weighted by molar-refractivity contribution is 7.17. The van der Waals surface area contributed by atoms with Gasteiger partial charge in [0.1, 0.15) is 16.4 Å². The van der Waals surface area contributed by atoms with Crippen molar-refractivity contribution in [3.8, 4) is 17.2 Å². The van der Waals surface area contributed by atoms with Crippen molar-refractivity contribution in [2.24, 2.45) is 0 Å². The molecule has 4 rings (SSSR count). The SMILES string of the molecule is CCCCOc1ccc(C(O)=C2C(=O)C(=O)N(c3nc(C)c(C(=O)OC)s3)[C@@H]2c2ccc(OCCC)c(OCC)c2)cc1. The molecule has 11 heteroatoms. The number of nitrogens with zero attached hydrogens (tertiary/aromatic N) is 2. The van der Waals surface area contributed by atoms with Gasteiger partial charge in [-0.15, -0.1) is 0 Å². The van der Waals surface area contributed by atoms with E-state index in [2.05, 4.69) is 11.9 Å². The number of carbonyl (C=O) groups is 3. The number of carbonyl (C=O) groups excluding carboxylic acids is 3. The number of rotatable bonds is 13. The number of anilines is 1. The number of benzene rings is 2. The molecule has 0 unspecified atom stereocenters. The van der Waals surface area contributed by atoms with Crippen LogP contribution in [0.25, 0.3) is 5.76 Å². The maximum absolute atomic E-state index is 13.6. The Morgan fingerprint density at radius 3 is 2.37 bits per heavy atom. The molecule has 0 aliphatic carbocycles. The number of esters is 1. The number of unbranched alkanes of at least 4 members (excludes halogenated alkanes) is 1. The third-order valence-corrected chi connectivity index (χ3v) is 7.88. The molecule has 1 N–H and O–H groups in total. The summed E-state index contributed by atoms with van der Waals surface area (Å²) < 4.78 is 22.3. The van der Waals surface area contributed by atoms with Crippen molar-refractivity contribution >= 4 is 39.9 Å². The Morgan fingerprint density at radius 2 is 1.72 bits per heavy atom. The standard InChI is InChI=1S/C32H36N2O8S/c1-6-9-17-41-22-13-10-20(11-14-22)27(35)25-26(21-12-15-23(42-16-7-2)24(18-21)40-8-3)34(30(37)28(25)36)32-33-19(4)29(43-32)31(38)39-5/h10-15,18,26,35H,6-9,16-17H2,1-5H3/t26-/m1/s1. The number of amides is 1. The van der Waals surface area contributed by atoms with Crippen LogP contribution in [-0.2, 0) is 14.3 Å². The Kier molecular flexibility index (Phi) is 10.4. The van der Waals surface area contributed by atoms with Crippen LogP contribution in [0.2, 0.25) is 0 Å². The molecule has 1 aliphatic heterocycles. The number of ether oxygens (including phenoxy) is 4. The number of aliphatic hydroxyl groups is 1. The van der Waals surface area contributed by atoms with E-state index >= 15 is 0 Å². The monoisotopic (exact) mass is 608 g/mol. The van der Waals surface area contributed by atoms with Crippen LogP contribution in [-0.4, -0.2) is 54.7 Å². The molecule has 2 aromatic carbocycles. The molecule has 0 radical (unpaired) electrons. The molecule has 1 aliphatic rings. The number of aliphatic hydroxyl groups excluding tert-OH is 1. The summed E-state index contributed by atoms with van der Waals surface area (Å²) >= 11 is 0.934. The van der Waals surface area contributed by atoms with E-state index in [1.165, 1.54) is 12.0 Å². The first-order chi connectivity index (χ1) is 20.7. The van der Waals surface area contributed by atoms with Crippen molar-refractivity contribution in [3.63, 3.8) is 0 Å². The van der Waals surface area contributed by atoms with Gasteiger partial charge in [-0.2, -0.15) is 0 Å². The summed E-state index contributed by atoms with van der Waals surface area (Å²) in [6.07, 6.45) is 2.70. The zero-order valence-corrected chi connectivity index (χ0v) is 25.8. The van der Waals surface area contributed by atoms with E-state index in [0.717, 1.165) is 30.6 Å². The maximum Gasteiger partial charge on any atom is 0.350 e. The smallest absolute Gasteiger partial charge is 0.350 e. The van der Waals surface area contributed by atoms with Gasteiger partial charge in [-0.1, -0.05) is 37.7 Å². The predicted molar refractivity (Wildman–Crippen MR) is 163 cm³/mol. The Bertz CT molecular complexity index is 1510. The van der Waals surface area contributed by atoms with E-state index in [0.29, 0.717) is 53.9 Å². The fraction of sp³-hybridized carbons (Fsp3) is 0.375. The van der Waals surface area contributed by atoms with Gasteiger partial charge in [0.25, 0.3) is 5.78 Å². The van der Waals surface area contributed by atoms with E-state index in [1.54, 1.807) is 49.4 Å². The average Bonchev–Trinajstić information content (AvgIpc) is 3.52. The molecule has 1 saturated heterocycles. The molecule has 1 fully saturated rings. The number of hydrogen-bond donors (Lipinski definition) is 1. The molecular weight excluding hydrogens is 572 g/mol. The van der Waals surface area contributed by atoms with E-state index < -0.39 is 23.7 Å². The quantitative estimate of drug-likeness (QED) is 0.0790. The van der Waals surface area contributed by atoms with Gasteiger partial charge in [0, 0.05) is 5.56 Å². The second-order valence-corrected chi connectivity index (χ2v) is 10.8. The minimum Gasteiger partial charge on any atom is -0.507 e. The van der Waals surface area contributed by atoms with Gasteiger partial charge in [0.2, 0.25) is 0 Å². The predicted octanol–water partition coefficient (Wildman–Crippen LogP) is 6.23. The third kappa shape index (κ3) is 6.67. The van der Waals surface area contributed by atoms with Crippen LogP contribution in [0.5, 0.6) is 17.2 Å². The molecule has 10 nitrogen and oxygen atoms in total. The number of Topliss-reactive ketones (excluding diaryl/α,β-unsaturated/α-hetero) is 1. The molecule has 1 atom stereocenters. The molecule has 3 aromatic rings. The number of hydrogen-bond acceptors (Lipinski definition) is 10. The van der Waals surface area contributed by atoms with Crippen LogP contribution in [0.15, 0.2) is 48.0 Å². The number of thiazole rings is 1. The maximum atomic E-state index is 13.6. The molecule has 0 bridgehead atoms. The fourth-order valence-corrected chi connectivity index (χ4v) is 5.62. The van der Waals surface area contributed by atoms with E-state index in [9.17, 15) is 19.5 Å². The Morgan fingerprint density at radius 1 is 0.977 bits per heavy atom. The Hall–Kier alpha value is -4.38. The fourth-order valence-electron chi connectivity index (χ4n) is 4.61. The Labute approximate surface area is 254 Å². The Balaban J connectivity index is 1.87. The third-order valence-electron chi connectivity index (χ3n) is 6.75. The van der Waals surface area contributed by atoms with Crippen LogP contribution >= 0.6 is 11.3 Å². The van der Waals surface area contributed by atoms with Crippen LogP contribution in [0.1, 0.15) is 72.6 Å². The molecule has 1 amide bonds. The largest absolute Gasteiger partial charge is 0.507 e. The number of ketones is 1. The molecule has 0 saturated carbocycles. The molecule has 1 aromatic heterocycles. The number of methoxy groups -OCH3 is 1. The summed E-state index contributed by atoms with van der Waals surface area (Å²) in [5.74, 6) is -1.16. The van der Waals surface area contributed by atoms with E-state index in [4.69, 9.17) is 18.9 Å². The lowest BCUT2D eigenvalue weighted by Crippen LogP contribution is -2.29. The van der Waals surface area contributed by atoms with Gasteiger partial charge >= 0.3 is 11.9 Å². The minimum atomic E-state index is -1.07. The first kappa shape index (κ1) is 31.6. The number of aromatic nitrogens is 1. The van der Waals surface area contributed by atoms with Gasteiger partial charge in [0.05, 0.1) is 44.2 Å². The van der Waals surface area contributed by atoms with Gasteiger partial charge in [0.15, 0.2) is 16.6 Å². The summed E-state index contributed by atoms with van der Waals surface area (Å²) in [7, 11) is 1.25. The first-order valence-electron chi connectivity index (χ1n) is 14.2. The number of aryl methyl sites for hydroxylation is 1. The topological polar surface area (TPSA) is 124 Å². The van der Waals surface area contributed by atoms with Crippen LogP contribution < -0.4 is 19.1 Å². The first-order valence-corrected chi connectivity index (χ1v) is 15.1. The summed E-state index contributed by atoms with van der Waals surface area (Å²) in [6, 6.07) is 10.7. The average molecular weight is 609 g/mol. The molecular formula is C32H36N2O8S. The summed E-state index contributed by atoms with van der Waals surface area (Å²) in [5, 5.41) is 11.6. The zero-order valence-electron chi connectivity index (χ0n) is 25.0. The van der Waals surface area contributed by atoms with E-state index in [1.807, 2.05) is 13.8 Å². The zero-order chi connectivity index (χ0) is 31.1. The van der Waals surface area contributed by atoms with Crippen molar-refractivity contribution in [3.05, 3.63) is 69.7 Å². The highest BCUT2D eigenvalue weighted by atomic mass is 32.1. The lowest BCUT2D eigenvalue weighted by atomic mass is 9.95. The lowest BCUT2D eigenvalue weighted by Gasteiger charge is -2.24. The van der Waals surface area contributed by atoms with Crippen molar-refractivity contribution in [1.29, 1.82) is 0 Å². The van der Waals surface area contributed by atoms with Crippen LogP contribution in [0, 0.1) is 6.92 Å². The van der Waals surface area contributed by atoms with Gasteiger partial charge in [-0.05, 0) is 68.7 Å². The second kappa shape index (κ2) is 14.2. The highest BCUT2D eigenvalue weighted by Crippen LogP contribution is 2.45. The van der Waals surface area contributed by atoms with Crippen molar-refractivity contribution in [2.45, 2.75) is 53.0 Å². The van der Waals surface area contributed by atoms with Crippen molar-refractivity contribution in [2.75, 3.05) is 31.8 Å². The van der Waals surface area contributed by atoms with Crippen LogP contribution in [0.3, 0.4) is 0 Å². The lowest BCUT2D eigenvalue weighted by molar-refractivity contribution is -0.132. The second-order valence-electron chi connectivity index (χ2n) is 9.79. The molecule has 0 spiro atoms. The van der Waals surface area contributed by atoms with Gasteiger partial charge < -0.3 is 24.1 Å². The van der Waals surface area contributed by atoms with E-state index in [-0.39, 0.29) is 21.3 Å². The normalized spacial score (nSPS) is 15.9. The van der Waals surface area contributed by atoms with Gasteiger partial charge in [-0.3, -0.25) is 14.5 Å². The summed E-state index contributed by atoms with van der Waals surface area (Å²) in [6.45, 7) is 8.92. The minimum absolute atomic E-state index is 0.119. The van der Waals surface area contributed by atoms with Crippen LogP contribution in [0.4, 0.5) is 5.13 Å². The highest BCUT2D eigenvalue weighted by Gasteiger charge is 2.48. The van der Waals surface area contributed by atoms with Gasteiger partial charge in [-0.25, -0.2) is 9.78 Å². The molecule has 2 heterocycles. The molecule has 43 heavy (non-hydrogen) atoms.